The fraction of sp³-hybridized carbons (Fsp3) is 0.750. The van der Waals surface area contributed by atoms with Crippen LogP contribution in [-0.4, -0.2) is 18.4 Å². The third kappa shape index (κ3) is 2.03. The molecule has 0 bridgehead atoms. The Labute approximate surface area is 65.7 Å². The molecule has 11 heavy (non-hydrogen) atoms. The summed E-state index contributed by atoms with van der Waals surface area (Å²) in [6, 6.07) is 0. The molecule has 0 N–H and O–H groups in total. The Morgan fingerprint density at radius 1 is 1.64 bits per heavy atom. The summed E-state index contributed by atoms with van der Waals surface area (Å²) in [7, 11) is 0. The Balaban J connectivity index is 2.28. The second-order valence-corrected chi connectivity index (χ2v) is 3.13. The van der Waals surface area contributed by atoms with E-state index in [1.165, 1.54) is 0 Å². The number of ether oxygens (including phenoxy) is 1. The Morgan fingerprint density at radius 2 is 2.27 bits per heavy atom. The van der Waals surface area contributed by atoms with Gasteiger partial charge in [-0.15, -0.1) is 0 Å². The highest BCUT2D eigenvalue weighted by atomic mass is 16.5. The van der Waals surface area contributed by atoms with Crippen molar-refractivity contribution in [3.63, 3.8) is 0 Å². The van der Waals surface area contributed by atoms with E-state index in [0.717, 1.165) is 6.29 Å². The van der Waals surface area contributed by atoms with Gasteiger partial charge in [-0.25, -0.2) is 0 Å². The summed E-state index contributed by atoms with van der Waals surface area (Å²) in [5.74, 6) is -0.437. The number of esters is 1. The van der Waals surface area contributed by atoms with Crippen LogP contribution in [-0.2, 0) is 14.3 Å². The minimum atomic E-state index is -0.225. The molecule has 0 amide bonds. The summed E-state index contributed by atoms with van der Waals surface area (Å²) >= 11 is 0. The first-order valence-corrected chi connectivity index (χ1v) is 3.81. The van der Waals surface area contributed by atoms with Crippen LogP contribution in [0, 0.1) is 11.8 Å². The lowest BCUT2D eigenvalue weighted by molar-refractivity contribution is -0.149. The van der Waals surface area contributed by atoms with Crippen molar-refractivity contribution in [1.29, 1.82) is 0 Å². The van der Waals surface area contributed by atoms with Crippen LogP contribution in [0.4, 0.5) is 0 Å². The zero-order valence-electron chi connectivity index (χ0n) is 6.74. The molecule has 0 saturated heterocycles. The molecule has 2 unspecified atom stereocenters. The van der Waals surface area contributed by atoms with Crippen LogP contribution < -0.4 is 0 Å². The van der Waals surface area contributed by atoms with Gasteiger partial charge in [-0.05, 0) is 20.3 Å². The summed E-state index contributed by atoms with van der Waals surface area (Å²) in [5, 5.41) is 0. The topological polar surface area (TPSA) is 43.4 Å². The largest absolute Gasteiger partial charge is 0.463 e. The van der Waals surface area contributed by atoms with Gasteiger partial charge in [0.2, 0.25) is 0 Å². The number of aldehydes is 1. The van der Waals surface area contributed by atoms with Gasteiger partial charge in [0.05, 0.1) is 12.0 Å². The third-order valence-electron chi connectivity index (χ3n) is 1.67. The van der Waals surface area contributed by atoms with E-state index in [2.05, 4.69) is 0 Å². The number of carbonyl (C=O) groups excluding carboxylic acids is 2. The van der Waals surface area contributed by atoms with E-state index >= 15 is 0 Å². The maximum absolute atomic E-state index is 11.0. The first-order valence-electron chi connectivity index (χ1n) is 3.81. The number of hydrogen-bond donors (Lipinski definition) is 0. The highest BCUT2D eigenvalue weighted by Gasteiger charge is 2.44. The minimum absolute atomic E-state index is 0.0683. The maximum atomic E-state index is 11.0. The van der Waals surface area contributed by atoms with Crippen LogP contribution in [0.3, 0.4) is 0 Å². The lowest BCUT2D eigenvalue weighted by Gasteiger charge is -2.05. The van der Waals surface area contributed by atoms with Gasteiger partial charge >= 0.3 is 5.97 Å². The van der Waals surface area contributed by atoms with Crippen LogP contribution in [0.2, 0.25) is 0 Å². The van der Waals surface area contributed by atoms with Crippen molar-refractivity contribution in [2.75, 3.05) is 0 Å². The van der Waals surface area contributed by atoms with Gasteiger partial charge in [0, 0.05) is 5.92 Å². The molecule has 3 heteroatoms. The fourth-order valence-electron chi connectivity index (χ4n) is 0.956. The lowest BCUT2D eigenvalue weighted by Crippen LogP contribution is -2.14. The summed E-state index contributed by atoms with van der Waals surface area (Å²) in [6.07, 6.45) is 1.43. The molecule has 0 aromatic rings. The van der Waals surface area contributed by atoms with Crippen LogP contribution in [0.15, 0.2) is 0 Å². The normalized spacial score (nSPS) is 28.3. The smallest absolute Gasteiger partial charge is 0.309 e. The van der Waals surface area contributed by atoms with Gasteiger partial charge in [0.1, 0.15) is 6.29 Å². The Bertz CT molecular complexity index is 174. The lowest BCUT2D eigenvalue weighted by atomic mass is 10.3. The van der Waals surface area contributed by atoms with Gasteiger partial charge in [-0.1, -0.05) is 0 Å². The average Bonchev–Trinajstić information content (AvgIpc) is 2.63. The highest BCUT2D eigenvalue weighted by molar-refractivity contribution is 5.81. The fourth-order valence-corrected chi connectivity index (χ4v) is 0.956. The van der Waals surface area contributed by atoms with Crippen molar-refractivity contribution >= 4 is 12.3 Å². The summed E-state index contributed by atoms with van der Waals surface area (Å²) in [5.41, 5.74) is 0. The average molecular weight is 156 g/mol. The van der Waals surface area contributed by atoms with Crippen LogP contribution in [0.5, 0.6) is 0 Å². The van der Waals surface area contributed by atoms with E-state index in [0.29, 0.717) is 6.42 Å². The molecule has 1 aliphatic carbocycles. The van der Waals surface area contributed by atoms with E-state index in [9.17, 15) is 9.59 Å². The van der Waals surface area contributed by atoms with Gasteiger partial charge < -0.3 is 9.53 Å². The molecular weight excluding hydrogens is 144 g/mol. The number of hydrogen-bond acceptors (Lipinski definition) is 3. The molecule has 0 spiro atoms. The molecule has 1 saturated carbocycles. The molecular formula is C8H12O3. The van der Waals surface area contributed by atoms with Gasteiger partial charge in [-0.2, -0.15) is 0 Å². The molecule has 2 atom stereocenters. The van der Waals surface area contributed by atoms with Crippen LogP contribution >= 0.6 is 0 Å². The van der Waals surface area contributed by atoms with Crippen molar-refractivity contribution in [2.24, 2.45) is 11.8 Å². The highest BCUT2D eigenvalue weighted by Crippen LogP contribution is 2.37. The monoisotopic (exact) mass is 156 g/mol. The zero-order valence-corrected chi connectivity index (χ0v) is 6.74. The van der Waals surface area contributed by atoms with Gasteiger partial charge in [0.25, 0.3) is 0 Å². The summed E-state index contributed by atoms with van der Waals surface area (Å²) < 4.78 is 4.91. The van der Waals surface area contributed by atoms with Crippen molar-refractivity contribution in [2.45, 2.75) is 26.4 Å². The molecule has 0 heterocycles. The molecule has 1 aliphatic rings. The first-order chi connectivity index (χ1) is 5.15. The quantitative estimate of drug-likeness (QED) is 0.448. The molecule has 0 aliphatic heterocycles. The molecule has 0 radical (unpaired) electrons. The van der Waals surface area contributed by atoms with E-state index < -0.39 is 0 Å². The molecule has 62 valence electrons. The van der Waals surface area contributed by atoms with E-state index in [-0.39, 0.29) is 23.9 Å². The van der Waals surface area contributed by atoms with E-state index in [1.54, 1.807) is 13.8 Å². The second kappa shape index (κ2) is 3.03. The molecule has 0 aromatic carbocycles. The Hall–Kier alpha value is -0.860. The van der Waals surface area contributed by atoms with Crippen LogP contribution in [0.1, 0.15) is 20.3 Å². The summed E-state index contributed by atoms with van der Waals surface area (Å²) in [4.78, 5) is 21.2. The van der Waals surface area contributed by atoms with Gasteiger partial charge in [-0.3, -0.25) is 4.79 Å². The first kappa shape index (κ1) is 8.24. The molecule has 1 rings (SSSR count). The number of rotatable bonds is 3. The van der Waals surface area contributed by atoms with E-state index in [1.807, 2.05) is 0 Å². The number of carbonyl (C=O) groups is 2. The predicted molar refractivity (Wildman–Crippen MR) is 38.9 cm³/mol. The SMILES string of the molecule is CC(C)OC(=O)C1CC1C=O. The van der Waals surface area contributed by atoms with Crippen molar-refractivity contribution in [1.82, 2.24) is 0 Å². The molecule has 0 aromatic heterocycles. The minimum Gasteiger partial charge on any atom is -0.463 e. The summed E-state index contributed by atoms with van der Waals surface area (Å²) in [6.45, 7) is 3.60. The Kier molecular flexibility index (Phi) is 2.27. The predicted octanol–water partition coefficient (Wildman–Crippen LogP) is 0.773. The zero-order chi connectivity index (χ0) is 8.43. The maximum Gasteiger partial charge on any atom is 0.309 e. The molecule has 1 fully saturated rings. The standard InChI is InChI=1S/C8H12O3/c1-5(2)11-8(10)7-3-6(7)4-9/h4-7H,3H2,1-2H3. The van der Waals surface area contributed by atoms with E-state index in [4.69, 9.17) is 4.74 Å². The second-order valence-electron chi connectivity index (χ2n) is 3.13. The van der Waals surface area contributed by atoms with Crippen molar-refractivity contribution < 1.29 is 14.3 Å². The Morgan fingerprint density at radius 3 is 2.64 bits per heavy atom. The van der Waals surface area contributed by atoms with Crippen molar-refractivity contribution in [3.05, 3.63) is 0 Å². The van der Waals surface area contributed by atoms with Crippen molar-refractivity contribution in [3.8, 4) is 0 Å². The van der Waals surface area contributed by atoms with Crippen LogP contribution in [0.25, 0.3) is 0 Å². The van der Waals surface area contributed by atoms with Gasteiger partial charge in [0.15, 0.2) is 0 Å². The molecule has 3 nitrogen and oxygen atoms in total. The third-order valence-corrected chi connectivity index (χ3v) is 1.67.